The van der Waals surface area contributed by atoms with E-state index >= 15 is 0 Å². The first-order valence-electron chi connectivity index (χ1n) is 13.0. The summed E-state index contributed by atoms with van der Waals surface area (Å²) < 4.78 is 31.7. The van der Waals surface area contributed by atoms with Crippen LogP contribution in [0.3, 0.4) is 0 Å². The Balaban J connectivity index is 1.03. The number of aromatic amines is 1. The highest BCUT2D eigenvalue weighted by Crippen LogP contribution is 2.34. The van der Waals surface area contributed by atoms with Gasteiger partial charge in [0.2, 0.25) is 12.7 Å². The van der Waals surface area contributed by atoms with Gasteiger partial charge in [0.15, 0.2) is 23.1 Å². The third kappa shape index (κ3) is 5.25. The molecule has 1 fully saturated rings. The molecule has 1 unspecified atom stereocenters. The van der Waals surface area contributed by atoms with Gasteiger partial charge in [-0.1, -0.05) is 12.1 Å². The van der Waals surface area contributed by atoms with Crippen LogP contribution in [0.1, 0.15) is 16.7 Å². The fourth-order valence-electron chi connectivity index (χ4n) is 5.14. The quantitative estimate of drug-likeness (QED) is 0.374. The number of nitrogens with zero attached hydrogens (tertiary/aromatic N) is 3. The van der Waals surface area contributed by atoms with Gasteiger partial charge < -0.3 is 29.8 Å². The fourth-order valence-corrected chi connectivity index (χ4v) is 5.14. The third-order valence-corrected chi connectivity index (χ3v) is 7.25. The van der Waals surface area contributed by atoms with Crippen molar-refractivity contribution in [3.8, 4) is 23.0 Å². The van der Waals surface area contributed by atoms with Crippen molar-refractivity contribution in [2.75, 3.05) is 33.0 Å². The predicted molar refractivity (Wildman–Crippen MR) is 143 cm³/mol. The van der Waals surface area contributed by atoms with Gasteiger partial charge >= 0.3 is 0 Å². The summed E-state index contributed by atoms with van der Waals surface area (Å²) >= 11 is 0. The van der Waals surface area contributed by atoms with Crippen LogP contribution in [0.2, 0.25) is 0 Å². The van der Waals surface area contributed by atoms with E-state index in [0.717, 1.165) is 47.6 Å². The highest BCUT2D eigenvalue weighted by atomic mass is 19.1. The number of pyridine rings is 1. The van der Waals surface area contributed by atoms with E-state index in [1.807, 2.05) is 31.3 Å². The molecule has 2 aliphatic heterocycles. The SMILES string of the molecule is Cc1c[nH]c2nccc(Oc3ccc(CC(N)C(=O)N4CCN(Cc5ccc6c(c5)OCO6)CC4)cc3F)c12. The van der Waals surface area contributed by atoms with Crippen LogP contribution in [0.5, 0.6) is 23.0 Å². The molecule has 6 rings (SSSR count). The van der Waals surface area contributed by atoms with Gasteiger partial charge in [-0.2, -0.15) is 0 Å². The highest BCUT2D eigenvalue weighted by Gasteiger charge is 2.26. The monoisotopic (exact) mass is 531 g/mol. The molecule has 10 heteroatoms. The summed E-state index contributed by atoms with van der Waals surface area (Å²) in [5, 5.41) is 0.810. The Hall–Kier alpha value is -4.15. The highest BCUT2D eigenvalue weighted by molar-refractivity contribution is 5.86. The van der Waals surface area contributed by atoms with Crippen molar-refractivity contribution in [3.05, 3.63) is 77.4 Å². The number of piperazine rings is 1. The van der Waals surface area contributed by atoms with Crippen LogP contribution in [-0.2, 0) is 17.8 Å². The average molecular weight is 532 g/mol. The van der Waals surface area contributed by atoms with Gasteiger partial charge in [-0.15, -0.1) is 0 Å². The largest absolute Gasteiger partial charge is 0.454 e. The standard InChI is InChI=1S/C29H30FN5O4/c1-18-15-33-28-27(18)25(6-7-32-28)39-23-4-2-19(12-21(23)30)13-22(31)29(36)35-10-8-34(9-11-35)16-20-3-5-24-26(14-20)38-17-37-24/h2-7,12,14-15,22H,8-11,13,16-17,31H2,1H3,(H,32,33). The lowest BCUT2D eigenvalue weighted by atomic mass is 10.0. The molecule has 0 aliphatic carbocycles. The molecule has 0 radical (unpaired) electrons. The number of amides is 1. The number of H-pyrrole nitrogens is 1. The second kappa shape index (κ2) is 10.5. The molecule has 2 aromatic heterocycles. The number of aryl methyl sites for hydroxylation is 1. The van der Waals surface area contributed by atoms with Crippen LogP contribution in [-0.4, -0.2) is 64.7 Å². The van der Waals surface area contributed by atoms with Crippen molar-refractivity contribution < 1.29 is 23.4 Å². The van der Waals surface area contributed by atoms with Crippen molar-refractivity contribution in [3.63, 3.8) is 0 Å². The minimum Gasteiger partial charge on any atom is -0.454 e. The van der Waals surface area contributed by atoms with Crippen LogP contribution < -0.4 is 19.9 Å². The zero-order valence-corrected chi connectivity index (χ0v) is 21.7. The topological polar surface area (TPSA) is 106 Å². The molecule has 0 spiro atoms. The molecule has 39 heavy (non-hydrogen) atoms. The fraction of sp³-hybridized carbons (Fsp3) is 0.310. The summed E-state index contributed by atoms with van der Waals surface area (Å²) in [5.74, 6) is 1.53. The Kier molecular flexibility index (Phi) is 6.80. The van der Waals surface area contributed by atoms with Crippen molar-refractivity contribution >= 4 is 16.9 Å². The Bertz CT molecular complexity index is 1520. The number of rotatable bonds is 7. The maximum atomic E-state index is 15.0. The minimum atomic E-state index is -0.751. The molecule has 202 valence electrons. The van der Waals surface area contributed by atoms with Gasteiger partial charge in [-0.05, 0) is 60.4 Å². The van der Waals surface area contributed by atoms with Crippen molar-refractivity contribution in [2.24, 2.45) is 5.73 Å². The maximum absolute atomic E-state index is 15.0. The number of halogens is 1. The molecule has 1 atom stereocenters. The number of fused-ring (bicyclic) bond motifs is 2. The van der Waals surface area contributed by atoms with E-state index in [9.17, 15) is 9.18 Å². The summed E-state index contributed by atoms with van der Waals surface area (Å²) in [4.78, 5) is 24.5. The molecule has 1 saturated heterocycles. The lowest BCUT2D eigenvalue weighted by Crippen LogP contribution is -2.53. The van der Waals surface area contributed by atoms with Crippen LogP contribution in [0.25, 0.3) is 11.0 Å². The zero-order valence-electron chi connectivity index (χ0n) is 21.7. The number of nitrogens with two attached hydrogens (primary N) is 1. The Morgan fingerprint density at radius 2 is 1.87 bits per heavy atom. The average Bonchev–Trinajstić information content (AvgIpc) is 3.57. The first-order valence-corrected chi connectivity index (χ1v) is 13.0. The summed E-state index contributed by atoms with van der Waals surface area (Å²) in [5.41, 5.74) is 9.70. The van der Waals surface area contributed by atoms with Crippen LogP contribution in [0, 0.1) is 12.7 Å². The molecule has 0 saturated carbocycles. The second-order valence-electron chi connectivity index (χ2n) is 9.97. The molecular formula is C29H30FN5O4. The summed E-state index contributed by atoms with van der Waals surface area (Å²) in [6, 6.07) is 11.6. The molecule has 4 heterocycles. The Morgan fingerprint density at radius 3 is 2.69 bits per heavy atom. The van der Waals surface area contributed by atoms with Gasteiger partial charge in [0.25, 0.3) is 0 Å². The first kappa shape index (κ1) is 25.1. The Labute approximate surface area is 225 Å². The molecule has 9 nitrogen and oxygen atoms in total. The molecule has 2 aromatic carbocycles. The molecule has 4 aromatic rings. The number of ether oxygens (including phenoxy) is 3. The van der Waals surface area contributed by atoms with Crippen LogP contribution >= 0.6 is 0 Å². The molecular weight excluding hydrogens is 501 g/mol. The van der Waals surface area contributed by atoms with Gasteiger partial charge in [0, 0.05) is 45.1 Å². The summed E-state index contributed by atoms with van der Waals surface area (Å²) in [7, 11) is 0. The number of carbonyl (C=O) groups excluding carboxylic acids is 1. The van der Waals surface area contributed by atoms with Crippen molar-refractivity contribution in [1.82, 2.24) is 19.8 Å². The molecule has 3 N–H and O–H groups in total. The number of hydrogen-bond acceptors (Lipinski definition) is 7. The maximum Gasteiger partial charge on any atom is 0.239 e. The summed E-state index contributed by atoms with van der Waals surface area (Å²) in [6.07, 6.45) is 3.69. The predicted octanol–water partition coefficient (Wildman–Crippen LogP) is 3.75. The smallest absolute Gasteiger partial charge is 0.239 e. The number of aromatic nitrogens is 2. The molecule has 1 amide bonds. The number of carbonyl (C=O) groups is 1. The van der Waals surface area contributed by atoms with Gasteiger partial charge in [-0.3, -0.25) is 9.69 Å². The lowest BCUT2D eigenvalue weighted by Gasteiger charge is -2.36. The number of hydrogen-bond donors (Lipinski definition) is 2. The second-order valence-corrected chi connectivity index (χ2v) is 9.97. The molecule has 2 aliphatic rings. The van der Waals surface area contributed by atoms with Crippen molar-refractivity contribution in [1.29, 1.82) is 0 Å². The normalized spacial score (nSPS) is 16.0. The van der Waals surface area contributed by atoms with Crippen molar-refractivity contribution in [2.45, 2.75) is 25.9 Å². The first-order chi connectivity index (χ1) is 18.9. The minimum absolute atomic E-state index is 0.102. The van der Waals surface area contributed by atoms with Gasteiger partial charge in [0.1, 0.15) is 11.4 Å². The number of benzene rings is 2. The van der Waals surface area contributed by atoms with Crippen LogP contribution in [0.15, 0.2) is 54.9 Å². The summed E-state index contributed by atoms with van der Waals surface area (Å²) in [6.45, 7) is 5.64. The third-order valence-electron chi connectivity index (χ3n) is 7.25. The zero-order chi connectivity index (χ0) is 26.9. The van der Waals surface area contributed by atoms with E-state index in [2.05, 4.69) is 14.9 Å². The van der Waals surface area contributed by atoms with Gasteiger partial charge in [0.05, 0.1) is 11.4 Å². The number of nitrogens with one attached hydrogen (secondary N) is 1. The van der Waals surface area contributed by atoms with Crippen LogP contribution in [0.4, 0.5) is 4.39 Å². The lowest BCUT2D eigenvalue weighted by molar-refractivity contribution is -0.134. The van der Waals surface area contributed by atoms with E-state index in [1.54, 1.807) is 29.3 Å². The van der Waals surface area contributed by atoms with E-state index in [0.29, 0.717) is 30.0 Å². The van der Waals surface area contributed by atoms with E-state index in [-0.39, 0.29) is 24.9 Å². The van der Waals surface area contributed by atoms with Gasteiger partial charge in [-0.25, -0.2) is 9.37 Å². The van der Waals surface area contributed by atoms with E-state index < -0.39 is 11.9 Å². The van der Waals surface area contributed by atoms with E-state index in [1.165, 1.54) is 6.07 Å². The van der Waals surface area contributed by atoms with E-state index in [4.69, 9.17) is 19.9 Å². The Morgan fingerprint density at radius 1 is 1.08 bits per heavy atom. The molecule has 0 bridgehead atoms.